The molecular formula is C23H23BrN4O2. The Bertz CT molecular complexity index is 985. The molecule has 2 aromatic carbocycles. The van der Waals surface area contributed by atoms with Crippen LogP contribution >= 0.6 is 15.9 Å². The first kappa shape index (κ1) is 20.4. The number of hydrogen-bond donors (Lipinski definition) is 0. The van der Waals surface area contributed by atoms with Crippen LogP contribution in [-0.4, -0.2) is 49.4 Å². The van der Waals surface area contributed by atoms with Crippen LogP contribution in [0.3, 0.4) is 0 Å². The quantitative estimate of drug-likeness (QED) is 0.649. The van der Waals surface area contributed by atoms with E-state index in [0.717, 1.165) is 28.8 Å². The van der Waals surface area contributed by atoms with E-state index in [4.69, 9.17) is 5.26 Å². The van der Waals surface area contributed by atoms with E-state index in [2.05, 4.69) is 26.9 Å². The molecule has 2 fully saturated rings. The second-order valence-corrected chi connectivity index (χ2v) is 8.55. The molecule has 30 heavy (non-hydrogen) atoms. The Morgan fingerprint density at radius 3 is 2.53 bits per heavy atom. The molecule has 4 rings (SSSR count). The molecule has 2 aromatic rings. The topological polar surface area (TPSA) is 67.7 Å². The molecule has 1 unspecified atom stereocenters. The lowest BCUT2D eigenvalue weighted by Crippen LogP contribution is -2.42. The molecule has 2 saturated heterocycles. The van der Waals surface area contributed by atoms with Gasteiger partial charge in [0.1, 0.15) is 5.92 Å². The number of nitriles is 1. The largest absolute Gasteiger partial charge is 0.370 e. The first-order valence-electron chi connectivity index (χ1n) is 10.2. The highest BCUT2D eigenvalue weighted by Gasteiger charge is 2.40. The van der Waals surface area contributed by atoms with Gasteiger partial charge in [0.15, 0.2) is 0 Å². The molecule has 0 aliphatic carbocycles. The Morgan fingerprint density at radius 1 is 1.00 bits per heavy atom. The molecule has 2 heterocycles. The van der Waals surface area contributed by atoms with Crippen molar-refractivity contribution >= 4 is 39.1 Å². The smallest absolute Gasteiger partial charge is 0.239 e. The average Bonchev–Trinajstić information content (AvgIpc) is 2.98. The van der Waals surface area contributed by atoms with Crippen molar-refractivity contribution in [1.29, 1.82) is 5.26 Å². The first-order valence-corrected chi connectivity index (χ1v) is 11.0. The minimum Gasteiger partial charge on any atom is -0.370 e. The normalized spacial score (nSPS) is 19.5. The molecule has 7 heteroatoms. The standard InChI is InChI=1S/C23H23BrN4O2/c24-18-3-1-4-20(15-18)28-12-9-21(23(28)30)22(29)27-11-2-10-26(13-14-27)19-7-5-17(16-25)6-8-19/h1,3-8,15,21H,2,9-14H2. The van der Waals surface area contributed by atoms with Gasteiger partial charge in [0.2, 0.25) is 11.8 Å². The number of hydrogen-bond acceptors (Lipinski definition) is 4. The van der Waals surface area contributed by atoms with Gasteiger partial charge in [0.05, 0.1) is 11.6 Å². The number of carbonyl (C=O) groups is 2. The summed E-state index contributed by atoms with van der Waals surface area (Å²) in [7, 11) is 0. The van der Waals surface area contributed by atoms with Crippen LogP contribution in [0.15, 0.2) is 53.0 Å². The SMILES string of the molecule is N#Cc1ccc(N2CCCN(C(=O)C3CCN(c4cccc(Br)c4)C3=O)CC2)cc1. The van der Waals surface area contributed by atoms with Gasteiger partial charge in [-0.25, -0.2) is 0 Å². The number of anilines is 2. The van der Waals surface area contributed by atoms with E-state index in [-0.39, 0.29) is 11.8 Å². The van der Waals surface area contributed by atoms with E-state index in [0.29, 0.717) is 38.2 Å². The Morgan fingerprint density at radius 2 is 1.80 bits per heavy atom. The molecule has 1 atom stereocenters. The molecular weight excluding hydrogens is 444 g/mol. The summed E-state index contributed by atoms with van der Waals surface area (Å²) in [5.41, 5.74) is 2.52. The predicted molar refractivity (Wildman–Crippen MR) is 119 cm³/mol. The van der Waals surface area contributed by atoms with Crippen molar-refractivity contribution in [2.24, 2.45) is 5.92 Å². The lowest BCUT2D eigenvalue weighted by atomic mass is 10.1. The second kappa shape index (κ2) is 8.88. The van der Waals surface area contributed by atoms with Crippen LogP contribution in [0.2, 0.25) is 0 Å². The molecule has 0 aromatic heterocycles. The number of carbonyl (C=O) groups excluding carboxylic acids is 2. The van der Waals surface area contributed by atoms with Gasteiger partial charge >= 0.3 is 0 Å². The number of halogens is 1. The van der Waals surface area contributed by atoms with Gasteiger partial charge in [-0.1, -0.05) is 22.0 Å². The van der Waals surface area contributed by atoms with Crippen molar-refractivity contribution in [2.45, 2.75) is 12.8 Å². The van der Waals surface area contributed by atoms with Crippen LogP contribution in [0, 0.1) is 17.2 Å². The third kappa shape index (κ3) is 4.19. The van der Waals surface area contributed by atoms with Crippen LogP contribution in [0.4, 0.5) is 11.4 Å². The minimum absolute atomic E-state index is 0.0563. The van der Waals surface area contributed by atoms with E-state index < -0.39 is 5.92 Å². The zero-order chi connectivity index (χ0) is 21.1. The number of rotatable bonds is 3. The summed E-state index contributed by atoms with van der Waals surface area (Å²) in [6.07, 6.45) is 1.40. The van der Waals surface area contributed by atoms with Gasteiger partial charge in [-0.15, -0.1) is 0 Å². The maximum Gasteiger partial charge on any atom is 0.239 e. The fourth-order valence-electron chi connectivity index (χ4n) is 4.17. The number of benzene rings is 2. The lowest BCUT2D eigenvalue weighted by Gasteiger charge is -2.25. The van der Waals surface area contributed by atoms with Crippen molar-refractivity contribution in [3.63, 3.8) is 0 Å². The van der Waals surface area contributed by atoms with Crippen molar-refractivity contribution in [2.75, 3.05) is 42.5 Å². The highest BCUT2D eigenvalue weighted by atomic mass is 79.9. The molecule has 6 nitrogen and oxygen atoms in total. The molecule has 2 amide bonds. The summed E-state index contributed by atoms with van der Waals surface area (Å²) in [5.74, 6) is -0.754. The molecule has 0 bridgehead atoms. The molecule has 0 saturated carbocycles. The zero-order valence-electron chi connectivity index (χ0n) is 16.6. The molecule has 154 valence electrons. The van der Waals surface area contributed by atoms with Gasteiger partial charge in [-0.2, -0.15) is 5.26 Å². The highest BCUT2D eigenvalue weighted by molar-refractivity contribution is 9.10. The molecule has 0 radical (unpaired) electrons. The predicted octanol–water partition coefficient (Wildman–Crippen LogP) is 3.41. The lowest BCUT2D eigenvalue weighted by molar-refractivity contribution is -0.139. The monoisotopic (exact) mass is 466 g/mol. The first-order chi connectivity index (χ1) is 14.6. The van der Waals surface area contributed by atoms with E-state index in [1.165, 1.54) is 0 Å². The summed E-state index contributed by atoms with van der Waals surface area (Å²) in [6.45, 7) is 3.38. The summed E-state index contributed by atoms with van der Waals surface area (Å²) >= 11 is 3.44. The Labute approximate surface area is 184 Å². The molecule has 0 spiro atoms. The van der Waals surface area contributed by atoms with Crippen molar-refractivity contribution < 1.29 is 9.59 Å². The Hall–Kier alpha value is -2.85. The molecule has 2 aliphatic rings. The summed E-state index contributed by atoms with van der Waals surface area (Å²) in [6, 6.07) is 17.3. The van der Waals surface area contributed by atoms with Gasteiger partial charge in [0, 0.05) is 48.6 Å². The maximum atomic E-state index is 13.1. The van der Waals surface area contributed by atoms with E-state index >= 15 is 0 Å². The van der Waals surface area contributed by atoms with E-state index in [9.17, 15) is 9.59 Å². The average molecular weight is 467 g/mol. The van der Waals surface area contributed by atoms with E-state index in [1.54, 1.807) is 4.90 Å². The zero-order valence-corrected chi connectivity index (χ0v) is 18.2. The van der Waals surface area contributed by atoms with Gasteiger partial charge < -0.3 is 14.7 Å². The van der Waals surface area contributed by atoms with Gasteiger partial charge in [0.25, 0.3) is 0 Å². The van der Waals surface area contributed by atoms with Crippen LogP contribution in [-0.2, 0) is 9.59 Å². The third-order valence-electron chi connectivity index (χ3n) is 5.79. The molecule has 0 N–H and O–H groups in total. The minimum atomic E-state index is -0.592. The summed E-state index contributed by atoms with van der Waals surface area (Å²) in [4.78, 5) is 31.9. The summed E-state index contributed by atoms with van der Waals surface area (Å²) in [5, 5.41) is 8.97. The highest BCUT2D eigenvalue weighted by Crippen LogP contribution is 2.29. The number of amides is 2. The second-order valence-electron chi connectivity index (χ2n) is 7.64. The van der Waals surface area contributed by atoms with Crippen molar-refractivity contribution in [3.05, 3.63) is 58.6 Å². The summed E-state index contributed by atoms with van der Waals surface area (Å²) < 4.78 is 0.915. The Kier molecular flexibility index (Phi) is 6.05. The van der Waals surface area contributed by atoms with E-state index in [1.807, 2.05) is 53.4 Å². The fraction of sp³-hybridized carbons (Fsp3) is 0.348. The van der Waals surface area contributed by atoms with Crippen molar-refractivity contribution in [3.8, 4) is 6.07 Å². The van der Waals surface area contributed by atoms with Crippen LogP contribution in [0.5, 0.6) is 0 Å². The van der Waals surface area contributed by atoms with Gasteiger partial charge in [-0.05, 0) is 55.3 Å². The third-order valence-corrected chi connectivity index (χ3v) is 6.29. The Balaban J connectivity index is 1.40. The number of nitrogens with zero attached hydrogens (tertiary/aromatic N) is 4. The molecule has 2 aliphatic heterocycles. The maximum absolute atomic E-state index is 13.1. The van der Waals surface area contributed by atoms with Crippen LogP contribution < -0.4 is 9.80 Å². The fourth-order valence-corrected chi connectivity index (χ4v) is 4.56. The van der Waals surface area contributed by atoms with Crippen LogP contribution in [0.25, 0.3) is 0 Å². The van der Waals surface area contributed by atoms with Gasteiger partial charge in [-0.3, -0.25) is 9.59 Å². The van der Waals surface area contributed by atoms with Crippen LogP contribution in [0.1, 0.15) is 18.4 Å². The van der Waals surface area contributed by atoms with Crippen molar-refractivity contribution in [1.82, 2.24) is 4.90 Å².